The van der Waals surface area contributed by atoms with Crippen LogP contribution in [0.3, 0.4) is 0 Å². The Morgan fingerprint density at radius 2 is 1.83 bits per heavy atom. The number of anilines is 2. The predicted octanol–water partition coefficient (Wildman–Crippen LogP) is 3.46. The number of rotatable bonds is 7. The van der Waals surface area contributed by atoms with Gasteiger partial charge in [0.1, 0.15) is 0 Å². The van der Waals surface area contributed by atoms with Gasteiger partial charge in [-0.3, -0.25) is 9.52 Å². The highest BCUT2D eigenvalue weighted by molar-refractivity contribution is 7.99. The van der Waals surface area contributed by atoms with E-state index < -0.39 is 10.0 Å². The summed E-state index contributed by atoms with van der Waals surface area (Å²) in [5.74, 6) is 0.250. The molecule has 152 valence electrons. The lowest BCUT2D eigenvalue weighted by Crippen LogP contribution is -2.15. The Balaban J connectivity index is 1.59. The zero-order valence-corrected chi connectivity index (χ0v) is 17.7. The molecule has 3 rings (SSSR count). The molecule has 0 bridgehead atoms. The molecule has 0 atom stereocenters. The molecule has 10 heteroatoms. The molecule has 2 aromatic carbocycles. The molecular weight excluding hydrogens is 412 g/mol. The van der Waals surface area contributed by atoms with Crippen LogP contribution in [0.2, 0.25) is 0 Å². The summed E-state index contributed by atoms with van der Waals surface area (Å²) < 4.78 is 30.5. The first-order chi connectivity index (χ1) is 13.7. The Bertz CT molecular complexity index is 1130. The maximum absolute atomic E-state index is 12.2. The van der Waals surface area contributed by atoms with E-state index in [2.05, 4.69) is 20.2 Å². The number of carbonyl (C=O) groups excluding carboxylic acids is 1. The van der Waals surface area contributed by atoms with Crippen LogP contribution in [-0.4, -0.2) is 36.5 Å². The Labute approximate surface area is 173 Å². The minimum Gasteiger partial charge on any atom is -0.411 e. The van der Waals surface area contributed by atoms with Gasteiger partial charge in [0, 0.05) is 16.9 Å². The van der Waals surface area contributed by atoms with Crippen LogP contribution in [0.25, 0.3) is 11.5 Å². The van der Waals surface area contributed by atoms with Gasteiger partial charge in [-0.2, -0.15) is 0 Å². The summed E-state index contributed by atoms with van der Waals surface area (Å²) in [5.41, 5.74) is 4.00. The summed E-state index contributed by atoms with van der Waals surface area (Å²) >= 11 is 1.14. The summed E-state index contributed by atoms with van der Waals surface area (Å²) in [4.78, 5) is 12.2. The Morgan fingerprint density at radius 3 is 2.52 bits per heavy atom. The van der Waals surface area contributed by atoms with Crippen molar-refractivity contribution in [3.8, 4) is 11.5 Å². The minimum atomic E-state index is -3.34. The second-order valence-corrected chi connectivity index (χ2v) is 9.08. The third-order valence-electron chi connectivity index (χ3n) is 4.05. The maximum atomic E-state index is 12.2. The molecule has 2 N–H and O–H groups in total. The van der Waals surface area contributed by atoms with Gasteiger partial charge < -0.3 is 9.73 Å². The second-order valence-electron chi connectivity index (χ2n) is 6.41. The van der Waals surface area contributed by atoms with E-state index in [9.17, 15) is 13.2 Å². The first kappa shape index (κ1) is 20.9. The molecule has 1 heterocycles. The highest BCUT2D eigenvalue weighted by atomic mass is 32.2. The van der Waals surface area contributed by atoms with E-state index in [1.165, 1.54) is 0 Å². The average Bonchev–Trinajstić information content (AvgIpc) is 3.12. The molecule has 0 unspecified atom stereocenters. The fraction of sp³-hybridized carbons (Fsp3) is 0.211. The fourth-order valence-electron chi connectivity index (χ4n) is 2.48. The number of thioether (sulfide) groups is 1. The van der Waals surface area contributed by atoms with E-state index in [1.807, 2.05) is 32.0 Å². The third kappa shape index (κ3) is 5.81. The Morgan fingerprint density at radius 1 is 1.10 bits per heavy atom. The SMILES string of the molecule is Cc1cccc(NC(=O)CSc2nnc(-c3ccc(NS(C)(=O)=O)cc3)o2)c1C. The van der Waals surface area contributed by atoms with E-state index in [-0.39, 0.29) is 22.8 Å². The van der Waals surface area contributed by atoms with E-state index in [0.29, 0.717) is 11.3 Å². The molecule has 29 heavy (non-hydrogen) atoms. The van der Waals surface area contributed by atoms with Gasteiger partial charge in [0.2, 0.25) is 21.8 Å². The molecule has 0 aliphatic heterocycles. The largest absolute Gasteiger partial charge is 0.411 e. The van der Waals surface area contributed by atoms with Gasteiger partial charge in [-0.05, 0) is 55.3 Å². The van der Waals surface area contributed by atoms with E-state index in [0.717, 1.165) is 34.8 Å². The summed E-state index contributed by atoms with van der Waals surface area (Å²) in [6.45, 7) is 3.95. The van der Waals surface area contributed by atoms with Crippen LogP contribution in [0.1, 0.15) is 11.1 Å². The van der Waals surface area contributed by atoms with Crippen LogP contribution >= 0.6 is 11.8 Å². The van der Waals surface area contributed by atoms with Crippen molar-refractivity contribution in [2.45, 2.75) is 19.1 Å². The van der Waals surface area contributed by atoms with E-state index >= 15 is 0 Å². The van der Waals surface area contributed by atoms with Gasteiger partial charge in [0.05, 0.1) is 12.0 Å². The number of aromatic nitrogens is 2. The highest BCUT2D eigenvalue weighted by Crippen LogP contribution is 2.25. The van der Waals surface area contributed by atoms with Crippen molar-refractivity contribution in [3.63, 3.8) is 0 Å². The lowest BCUT2D eigenvalue weighted by molar-refractivity contribution is -0.113. The second kappa shape index (κ2) is 8.66. The number of hydrogen-bond donors (Lipinski definition) is 2. The quantitative estimate of drug-likeness (QED) is 0.550. The van der Waals surface area contributed by atoms with Gasteiger partial charge in [0.15, 0.2) is 0 Å². The van der Waals surface area contributed by atoms with Crippen LogP contribution in [0, 0.1) is 13.8 Å². The number of sulfonamides is 1. The van der Waals surface area contributed by atoms with Crippen molar-refractivity contribution >= 4 is 39.1 Å². The smallest absolute Gasteiger partial charge is 0.277 e. The molecule has 0 fully saturated rings. The summed E-state index contributed by atoms with van der Waals surface area (Å²) in [5, 5.41) is 11.1. The molecule has 0 aliphatic carbocycles. The summed E-state index contributed by atoms with van der Waals surface area (Å²) in [7, 11) is -3.34. The van der Waals surface area contributed by atoms with Crippen molar-refractivity contribution in [2.24, 2.45) is 0 Å². The molecule has 0 radical (unpaired) electrons. The fourth-order valence-corrected chi connectivity index (χ4v) is 3.61. The third-order valence-corrected chi connectivity index (χ3v) is 5.47. The average molecular weight is 433 g/mol. The summed E-state index contributed by atoms with van der Waals surface area (Å²) in [6.07, 6.45) is 1.08. The van der Waals surface area contributed by atoms with Crippen LogP contribution in [0.5, 0.6) is 0 Å². The van der Waals surface area contributed by atoms with Crippen molar-refractivity contribution in [1.82, 2.24) is 10.2 Å². The molecule has 0 aliphatic rings. The monoisotopic (exact) mass is 432 g/mol. The topological polar surface area (TPSA) is 114 Å². The lowest BCUT2D eigenvalue weighted by Gasteiger charge is -2.09. The molecule has 1 amide bonds. The van der Waals surface area contributed by atoms with E-state index in [4.69, 9.17) is 4.42 Å². The summed E-state index contributed by atoms with van der Waals surface area (Å²) in [6, 6.07) is 12.3. The van der Waals surface area contributed by atoms with E-state index in [1.54, 1.807) is 24.3 Å². The maximum Gasteiger partial charge on any atom is 0.277 e. The predicted molar refractivity (Wildman–Crippen MR) is 113 cm³/mol. The minimum absolute atomic E-state index is 0.131. The lowest BCUT2D eigenvalue weighted by atomic mass is 10.1. The number of aryl methyl sites for hydroxylation is 1. The number of hydrogen-bond acceptors (Lipinski definition) is 7. The van der Waals surface area contributed by atoms with Gasteiger partial charge >= 0.3 is 0 Å². The van der Waals surface area contributed by atoms with Gasteiger partial charge in [-0.1, -0.05) is 23.9 Å². The highest BCUT2D eigenvalue weighted by Gasteiger charge is 2.13. The Hall–Kier alpha value is -2.85. The molecular formula is C19H20N4O4S2. The zero-order valence-electron chi connectivity index (χ0n) is 16.1. The standard InChI is InChI=1S/C19H20N4O4S2/c1-12-5-4-6-16(13(12)2)20-17(24)11-28-19-22-21-18(27-19)14-7-9-15(10-8-14)23-29(3,25)26/h4-10,23H,11H2,1-3H3,(H,20,24). The van der Waals surface area contributed by atoms with Gasteiger partial charge in [-0.25, -0.2) is 8.42 Å². The number of amides is 1. The van der Waals surface area contributed by atoms with Crippen molar-refractivity contribution < 1.29 is 17.6 Å². The van der Waals surface area contributed by atoms with Crippen molar-refractivity contribution in [1.29, 1.82) is 0 Å². The number of nitrogens with zero attached hydrogens (tertiary/aromatic N) is 2. The first-order valence-electron chi connectivity index (χ1n) is 8.62. The molecule has 0 saturated heterocycles. The molecule has 8 nitrogen and oxygen atoms in total. The first-order valence-corrected chi connectivity index (χ1v) is 11.5. The molecule has 3 aromatic rings. The Kier molecular flexibility index (Phi) is 6.23. The molecule has 0 spiro atoms. The van der Waals surface area contributed by atoms with Crippen LogP contribution in [-0.2, 0) is 14.8 Å². The molecule has 1 aromatic heterocycles. The number of carbonyl (C=O) groups is 1. The van der Waals surface area contributed by atoms with Crippen LogP contribution < -0.4 is 10.0 Å². The van der Waals surface area contributed by atoms with Gasteiger partial charge in [0.25, 0.3) is 5.22 Å². The van der Waals surface area contributed by atoms with Crippen LogP contribution in [0.15, 0.2) is 52.1 Å². The van der Waals surface area contributed by atoms with Crippen molar-refractivity contribution in [2.75, 3.05) is 22.0 Å². The number of benzene rings is 2. The number of nitrogens with one attached hydrogen (secondary N) is 2. The van der Waals surface area contributed by atoms with Crippen LogP contribution in [0.4, 0.5) is 11.4 Å². The normalized spacial score (nSPS) is 11.3. The zero-order chi connectivity index (χ0) is 21.0. The van der Waals surface area contributed by atoms with Gasteiger partial charge in [-0.15, -0.1) is 10.2 Å². The molecule has 0 saturated carbocycles. The van der Waals surface area contributed by atoms with Crippen molar-refractivity contribution in [3.05, 3.63) is 53.6 Å².